The van der Waals surface area contributed by atoms with E-state index < -0.39 is 22.0 Å². The predicted molar refractivity (Wildman–Crippen MR) is 163 cm³/mol. The van der Waals surface area contributed by atoms with E-state index in [1.807, 2.05) is 72.9 Å². The Morgan fingerprint density at radius 2 is 1.57 bits per heavy atom. The van der Waals surface area contributed by atoms with Crippen LogP contribution in [-0.2, 0) is 26.1 Å². The number of anilines is 1. The van der Waals surface area contributed by atoms with Crippen molar-refractivity contribution >= 4 is 27.6 Å². The molecule has 0 fully saturated rings. The molecule has 214 valence electrons. The van der Waals surface area contributed by atoms with E-state index in [-0.39, 0.29) is 23.9 Å². The highest BCUT2D eigenvalue weighted by Crippen LogP contribution is 2.27. The van der Waals surface area contributed by atoms with Crippen molar-refractivity contribution in [2.24, 2.45) is 4.99 Å². The van der Waals surface area contributed by atoms with Gasteiger partial charge >= 0.3 is 5.97 Å². The number of hydrogen-bond acceptors (Lipinski definition) is 6. The Kier molecular flexibility index (Phi) is 10.4. The molecule has 42 heavy (non-hydrogen) atoms. The van der Waals surface area contributed by atoms with Gasteiger partial charge in [-0.1, -0.05) is 84.9 Å². The molecule has 9 nitrogen and oxygen atoms in total. The van der Waals surface area contributed by atoms with E-state index >= 15 is 0 Å². The van der Waals surface area contributed by atoms with Gasteiger partial charge in [-0.15, -0.1) is 0 Å². The van der Waals surface area contributed by atoms with Gasteiger partial charge in [-0.05, 0) is 53.4 Å². The van der Waals surface area contributed by atoms with Gasteiger partial charge in [0.1, 0.15) is 0 Å². The molecule has 0 spiro atoms. The summed E-state index contributed by atoms with van der Waals surface area (Å²) in [5.41, 5.74) is 3.72. The first kappa shape index (κ1) is 30.0. The fraction of sp³-hybridized carbons (Fsp3) is 0.156. The number of benzene rings is 4. The molecule has 0 heterocycles. The molecular weight excluding hydrogens is 550 g/mol. The fourth-order valence-electron chi connectivity index (χ4n) is 4.23. The minimum atomic E-state index is -4.01. The Labute approximate surface area is 245 Å². The van der Waals surface area contributed by atoms with Crippen molar-refractivity contribution in [2.45, 2.75) is 30.8 Å². The van der Waals surface area contributed by atoms with Crippen LogP contribution in [0.1, 0.15) is 30.5 Å². The van der Waals surface area contributed by atoms with E-state index in [0.29, 0.717) is 23.4 Å². The van der Waals surface area contributed by atoms with Gasteiger partial charge in [0.05, 0.1) is 30.5 Å². The molecule has 4 rings (SSSR count). The zero-order chi connectivity index (χ0) is 29.8. The second kappa shape index (κ2) is 14.6. The van der Waals surface area contributed by atoms with Gasteiger partial charge in [-0.3, -0.25) is 10.1 Å². The second-order valence-electron chi connectivity index (χ2n) is 9.21. The Hall–Kier alpha value is -4.98. The van der Waals surface area contributed by atoms with Gasteiger partial charge in [-0.25, -0.2) is 18.1 Å². The van der Waals surface area contributed by atoms with E-state index in [0.717, 1.165) is 11.1 Å². The number of esters is 1. The van der Waals surface area contributed by atoms with Crippen LogP contribution in [0.15, 0.2) is 119 Å². The number of nitrogens with one attached hydrogen (secondary N) is 3. The quantitative estimate of drug-likeness (QED) is 0.0714. The van der Waals surface area contributed by atoms with Crippen LogP contribution in [0.25, 0.3) is 11.1 Å². The number of sulfonamides is 1. The van der Waals surface area contributed by atoms with Gasteiger partial charge in [0.25, 0.3) is 0 Å². The third kappa shape index (κ3) is 8.51. The maximum atomic E-state index is 13.5. The third-order valence-corrected chi connectivity index (χ3v) is 7.68. The van der Waals surface area contributed by atoms with Gasteiger partial charge in [0.15, 0.2) is 6.19 Å². The summed E-state index contributed by atoms with van der Waals surface area (Å²) in [6.45, 7) is 2.29. The molecule has 0 radical (unpaired) electrons. The highest BCUT2D eigenvalue weighted by Gasteiger charge is 2.24. The Morgan fingerprint density at radius 1 is 0.905 bits per heavy atom. The van der Waals surface area contributed by atoms with Gasteiger partial charge < -0.3 is 10.1 Å². The molecule has 4 aromatic rings. The molecule has 0 aliphatic heterocycles. The zero-order valence-electron chi connectivity index (χ0n) is 23.0. The van der Waals surface area contributed by atoms with Gasteiger partial charge in [0, 0.05) is 5.69 Å². The summed E-state index contributed by atoms with van der Waals surface area (Å²) in [6, 6.07) is 31.7. The first-order valence-electron chi connectivity index (χ1n) is 13.3. The van der Waals surface area contributed by atoms with Crippen LogP contribution in [-0.4, -0.2) is 27.0 Å². The van der Waals surface area contributed by atoms with Gasteiger partial charge in [0.2, 0.25) is 16.0 Å². The fourth-order valence-corrected chi connectivity index (χ4v) is 5.50. The highest BCUT2D eigenvalue weighted by molar-refractivity contribution is 7.89. The number of carbonyl (C=O) groups is 1. The summed E-state index contributed by atoms with van der Waals surface area (Å²) in [7, 11) is -4.01. The lowest BCUT2D eigenvalue weighted by Gasteiger charge is -2.19. The first-order chi connectivity index (χ1) is 20.4. The van der Waals surface area contributed by atoms with E-state index in [4.69, 9.17) is 4.74 Å². The second-order valence-corrected chi connectivity index (χ2v) is 10.9. The number of carbonyl (C=O) groups excluding carboxylic acids is 1. The molecule has 3 N–H and O–H groups in total. The minimum Gasteiger partial charge on any atom is -0.466 e. The van der Waals surface area contributed by atoms with Crippen molar-refractivity contribution in [2.75, 3.05) is 11.9 Å². The van der Waals surface area contributed by atoms with Crippen molar-refractivity contribution in [3.8, 4) is 17.3 Å². The largest absolute Gasteiger partial charge is 0.466 e. The Bertz CT molecular complexity index is 1670. The predicted octanol–water partition coefficient (Wildman–Crippen LogP) is 5.37. The number of nitrogens with zero attached hydrogens (tertiary/aromatic N) is 2. The monoisotopic (exact) mass is 581 g/mol. The summed E-state index contributed by atoms with van der Waals surface area (Å²) >= 11 is 0. The molecule has 1 atom stereocenters. The smallest absolute Gasteiger partial charge is 0.307 e. The van der Waals surface area contributed by atoms with Crippen LogP contribution in [0.2, 0.25) is 0 Å². The molecule has 0 amide bonds. The normalized spacial score (nSPS) is 12.1. The van der Waals surface area contributed by atoms with Crippen molar-refractivity contribution < 1.29 is 17.9 Å². The summed E-state index contributed by atoms with van der Waals surface area (Å²) in [6.07, 6.45) is 1.75. The first-order valence-corrected chi connectivity index (χ1v) is 14.8. The van der Waals surface area contributed by atoms with Crippen LogP contribution < -0.4 is 15.4 Å². The molecule has 4 aromatic carbocycles. The maximum Gasteiger partial charge on any atom is 0.307 e. The number of nitriles is 1. The van der Waals surface area contributed by atoms with Crippen molar-refractivity contribution in [3.05, 3.63) is 120 Å². The van der Waals surface area contributed by atoms with Crippen LogP contribution >= 0.6 is 0 Å². The molecule has 1 unspecified atom stereocenters. The summed E-state index contributed by atoms with van der Waals surface area (Å²) in [5.74, 6) is -0.211. The van der Waals surface area contributed by atoms with E-state index in [2.05, 4.69) is 20.3 Å². The number of hydrogen-bond donors (Lipinski definition) is 3. The molecule has 0 aromatic heterocycles. The number of rotatable bonds is 11. The van der Waals surface area contributed by atoms with Crippen molar-refractivity contribution in [1.29, 1.82) is 5.26 Å². The zero-order valence-corrected chi connectivity index (χ0v) is 23.8. The Morgan fingerprint density at radius 3 is 2.26 bits per heavy atom. The highest BCUT2D eigenvalue weighted by atomic mass is 32.2. The van der Waals surface area contributed by atoms with Gasteiger partial charge in [-0.2, -0.15) is 5.26 Å². The molecule has 10 heteroatoms. The lowest BCUT2D eigenvalue weighted by atomic mass is 10.1. The maximum absolute atomic E-state index is 13.5. The summed E-state index contributed by atoms with van der Waals surface area (Å²) in [5, 5.41) is 14.9. The van der Waals surface area contributed by atoms with Crippen LogP contribution in [0.3, 0.4) is 0 Å². The molecule has 0 aliphatic rings. The minimum absolute atomic E-state index is 0.0550. The molecule has 0 bridgehead atoms. The summed E-state index contributed by atoms with van der Waals surface area (Å²) < 4.78 is 34.7. The molecule has 0 saturated carbocycles. The number of ether oxygens (including phenoxy) is 1. The SMILES string of the molecule is CCOC(=O)CC(NS(=O)(=O)c1cccc(-c2cccc(NC(=NCc3ccccc3)NC#N)c2)c1)c1ccccc1. The van der Waals surface area contributed by atoms with Crippen LogP contribution in [0.4, 0.5) is 5.69 Å². The Balaban J connectivity index is 1.55. The molecule has 0 aliphatic carbocycles. The average Bonchev–Trinajstić information content (AvgIpc) is 3.01. The van der Waals surface area contributed by atoms with E-state index in [1.54, 1.807) is 43.3 Å². The standard InChI is InChI=1S/C32H31N5O4S/c1-2-41-31(38)21-30(25-13-7-4-8-14-25)37-42(39,40)29-18-10-16-27(20-29)26-15-9-17-28(19-26)36-32(35-23-33)34-22-24-11-5-3-6-12-24/h3-20,30,37H,2,21-22H2,1H3,(H2,34,35,36). The molecular formula is C32H31N5O4S. The van der Waals surface area contributed by atoms with Crippen molar-refractivity contribution in [3.63, 3.8) is 0 Å². The number of aliphatic imine (C=N–C) groups is 1. The van der Waals surface area contributed by atoms with E-state index in [9.17, 15) is 18.5 Å². The van der Waals surface area contributed by atoms with Crippen LogP contribution in [0.5, 0.6) is 0 Å². The molecule has 0 saturated heterocycles. The topological polar surface area (TPSA) is 133 Å². The average molecular weight is 582 g/mol. The van der Waals surface area contributed by atoms with Crippen molar-refractivity contribution in [1.82, 2.24) is 10.0 Å². The lowest BCUT2D eigenvalue weighted by Crippen LogP contribution is -2.30. The summed E-state index contributed by atoms with van der Waals surface area (Å²) in [4.78, 5) is 16.8. The van der Waals surface area contributed by atoms with E-state index in [1.165, 1.54) is 6.07 Å². The van der Waals surface area contributed by atoms with Crippen LogP contribution in [0, 0.1) is 11.5 Å². The number of guanidine groups is 1. The lowest BCUT2D eigenvalue weighted by molar-refractivity contribution is -0.143. The third-order valence-electron chi connectivity index (χ3n) is 6.22.